The van der Waals surface area contributed by atoms with Gasteiger partial charge in [0.2, 0.25) is 0 Å². The fourth-order valence-electron chi connectivity index (χ4n) is 2.16. The molecular formula is C19H25NO. The Balaban J connectivity index is 2.01. The maximum absolute atomic E-state index is 5.89. The Kier molecular flexibility index (Phi) is 4.69. The van der Waals surface area contributed by atoms with Gasteiger partial charge >= 0.3 is 0 Å². The van der Waals surface area contributed by atoms with Gasteiger partial charge in [-0.2, -0.15) is 0 Å². The molecular weight excluding hydrogens is 258 g/mol. The second-order valence-electron chi connectivity index (χ2n) is 6.60. The van der Waals surface area contributed by atoms with Gasteiger partial charge in [-0.1, -0.05) is 57.2 Å². The lowest BCUT2D eigenvalue weighted by atomic mass is 9.87. The van der Waals surface area contributed by atoms with Gasteiger partial charge in [0.25, 0.3) is 0 Å². The molecule has 0 aliphatic rings. The molecule has 0 aliphatic carbocycles. The van der Waals surface area contributed by atoms with E-state index in [0.717, 1.165) is 11.3 Å². The Morgan fingerprint density at radius 3 is 2.29 bits per heavy atom. The van der Waals surface area contributed by atoms with E-state index in [1.54, 1.807) is 0 Å². The normalized spacial score (nSPS) is 13.0. The van der Waals surface area contributed by atoms with Gasteiger partial charge in [-0.05, 0) is 41.2 Å². The van der Waals surface area contributed by atoms with Crippen molar-refractivity contribution < 1.29 is 4.74 Å². The second-order valence-corrected chi connectivity index (χ2v) is 6.60. The summed E-state index contributed by atoms with van der Waals surface area (Å²) in [5, 5.41) is 0. The lowest BCUT2D eigenvalue weighted by Crippen LogP contribution is -2.10. The quantitative estimate of drug-likeness (QED) is 0.891. The predicted molar refractivity (Wildman–Crippen MR) is 88.5 cm³/mol. The highest BCUT2D eigenvalue weighted by atomic mass is 16.5. The highest BCUT2D eigenvalue weighted by molar-refractivity contribution is 5.31. The highest BCUT2D eigenvalue weighted by Crippen LogP contribution is 2.23. The molecule has 0 aromatic heterocycles. The van der Waals surface area contributed by atoms with Crippen LogP contribution >= 0.6 is 0 Å². The van der Waals surface area contributed by atoms with Gasteiger partial charge in [0, 0.05) is 6.04 Å². The first-order chi connectivity index (χ1) is 9.86. The van der Waals surface area contributed by atoms with E-state index in [1.165, 1.54) is 11.1 Å². The minimum atomic E-state index is 0.0274. The van der Waals surface area contributed by atoms with Crippen LogP contribution in [0.5, 0.6) is 5.75 Å². The van der Waals surface area contributed by atoms with E-state index >= 15 is 0 Å². The van der Waals surface area contributed by atoms with Gasteiger partial charge in [0.05, 0.1) is 0 Å². The zero-order chi connectivity index (χ0) is 15.5. The van der Waals surface area contributed by atoms with Crippen LogP contribution in [0, 0.1) is 0 Å². The monoisotopic (exact) mass is 283 g/mol. The maximum Gasteiger partial charge on any atom is 0.120 e. The van der Waals surface area contributed by atoms with Crippen molar-refractivity contribution in [1.82, 2.24) is 0 Å². The van der Waals surface area contributed by atoms with Crippen molar-refractivity contribution in [3.63, 3.8) is 0 Å². The van der Waals surface area contributed by atoms with E-state index in [2.05, 4.69) is 45.0 Å². The summed E-state index contributed by atoms with van der Waals surface area (Å²) >= 11 is 0. The number of benzene rings is 2. The van der Waals surface area contributed by atoms with Gasteiger partial charge in [0.15, 0.2) is 0 Å². The summed E-state index contributed by atoms with van der Waals surface area (Å²) in [5.74, 6) is 0.865. The first kappa shape index (κ1) is 15.6. The molecule has 2 aromatic rings. The van der Waals surface area contributed by atoms with Crippen molar-refractivity contribution in [2.24, 2.45) is 5.73 Å². The van der Waals surface area contributed by atoms with Crippen molar-refractivity contribution in [1.29, 1.82) is 0 Å². The van der Waals surface area contributed by atoms with E-state index in [0.29, 0.717) is 6.61 Å². The summed E-state index contributed by atoms with van der Waals surface area (Å²) in [6.45, 7) is 9.21. The molecule has 2 rings (SSSR count). The van der Waals surface area contributed by atoms with Crippen LogP contribution in [-0.2, 0) is 12.0 Å². The summed E-state index contributed by atoms with van der Waals surface area (Å²) in [6.07, 6.45) is 0. The van der Waals surface area contributed by atoms with E-state index < -0.39 is 0 Å². The first-order valence-corrected chi connectivity index (χ1v) is 7.44. The number of rotatable bonds is 4. The molecule has 2 aromatic carbocycles. The summed E-state index contributed by atoms with van der Waals surface area (Å²) in [5.41, 5.74) is 9.68. The van der Waals surface area contributed by atoms with Gasteiger partial charge in [-0.3, -0.25) is 0 Å². The summed E-state index contributed by atoms with van der Waals surface area (Å²) in [6, 6.07) is 16.6. The molecule has 1 unspecified atom stereocenters. The predicted octanol–water partition coefficient (Wildman–Crippen LogP) is 4.58. The second kappa shape index (κ2) is 6.31. The molecule has 2 N–H and O–H groups in total. The molecule has 0 bridgehead atoms. The van der Waals surface area contributed by atoms with E-state index in [-0.39, 0.29) is 11.5 Å². The smallest absolute Gasteiger partial charge is 0.120 e. The number of hydrogen-bond acceptors (Lipinski definition) is 2. The summed E-state index contributed by atoms with van der Waals surface area (Å²) in [7, 11) is 0. The Hall–Kier alpha value is -1.80. The molecule has 0 heterocycles. The molecule has 0 saturated carbocycles. The maximum atomic E-state index is 5.89. The van der Waals surface area contributed by atoms with E-state index in [1.807, 2.05) is 31.2 Å². The van der Waals surface area contributed by atoms with Crippen LogP contribution in [0.1, 0.15) is 50.4 Å². The molecule has 0 amide bonds. The summed E-state index contributed by atoms with van der Waals surface area (Å²) in [4.78, 5) is 0. The molecule has 0 fully saturated rings. The largest absolute Gasteiger partial charge is 0.489 e. The third kappa shape index (κ3) is 4.33. The Bertz CT molecular complexity index is 579. The van der Waals surface area contributed by atoms with Crippen molar-refractivity contribution in [3.05, 3.63) is 65.2 Å². The Morgan fingerprint density at radius 2 is 1.71 bits per heavy atom. The molecule has 112 valence electrons. The zero-order valence-electron chi connectivity index (χ0n) is 13.4. The Labute approximate surface area is 127 Å². The fraction of sp³-hybridized carbons (Fsp3) is 0.368. The van der Waals surface area contributed by atoms with Crippen LogP contribution < -0.4 is 10.5 Å². The Morgan fingerprint density at radius 1 is 1.05 bits per heavy atom. The highest BCUT2D eigenvalue weighted by Gasteiger charge is 2.12. The van der Waals surface area contributed by atoms with Crippen LogP contribution in [0.15, 0.2) is 48.5 Å². The fourth-order valence-corrected chi connectivity index (χ4v) is 2.16. The average molecular weight is 283 g/mol. The SMILES string of the molecule is CC(N)c1cccc(OCc2ccc(C(C)(C)C)cc2)c1. The standard InChI is InChI=1S/C19H25NO/c1-14(20)16-6-5-7-18(12-16)21-13-15-8-10-17(11-9-15)19(2,3)4/h5-12,14H,13,20H2,1-4H3. The minimum Gasteiger partial charge on any atom is -0.489 e. The molecule has 2 nitrogen and oxygen atoms in total. The lowest BCUT2D eigenvalue weighted by molar-refractivity contribution is 0.305. The zero-order valence-corrected chi connectivity index (χ0v) is 13.4. The van der Waals surface area contributed by atoms with E-state index in [4.69, 9.17) is 10.5 Å². The third-order valence-electron chi connectivity index (χ3n) is 3.61. The van der Waals surface area contributed by atoms with Crippen molar-refractivity contribution in [3.8, 4) is 5.75 Å². The van der Waals surface area contributed by atoms with Gasteiger partial charge in [-0.25, -0.2) is 0 Å². The first-order valence-electron chi connectivity index (χ1n) is 7.44. The number of hydrogen-bond donors (Lipinski definition) is 1. The molecule has 0 radical (unpaired) electrons. The topological polar surface area (TPSA) is 35.2 Å². The lowest BCUT2D eigenvalue weighted by Gasteiger charge is -2.19. The summed E-state index contributed by atoms with van der Waals surface area (Å²) < 4.78 is 5.85. The van der Waals surface area contributed by atoms with E-state index in [9.17, 15) is 0 Å². The van der Waals surface area contributed by atoms with Crippen LogP contribution in [0.25, 0.3) is 0 Å². The molecule has 1 atom stereocenters. The molecule has 21 heavy (non-hydrogen) atoms. The van der Waals surface area contributed by atoms with Gasteiger partial charge in [-0.15, -0.1) is 0 Å². The van der Waals surface area contributed by atoms with Crippen LogP contribution in [0.4, 0.5) is 0 Å². The van der Waals surface area contributed by atoms with Crippen LogP contribution in [0.2, 0.25) is 0 Å². The van der Waals surface area contributed by atoms with Crippen molar-refractivity contribution in [2.45, 2.75) is 45.8 Å². The van der Waals surface area contributed by atoms with Crippen LogP contribution in [0.3, 0.4) is 0 Å². The third-order valence-corrected chi connectivity index (χ3v) is 3.61. The molecule has 0 saturated heterocycles. The minimum absolute atomic E-state index is 0.0274. The molecule has 2 heteroatoms. The number of nitrogens with two attached hydrogens (primary N) is 1. The van der Waals surface area contributed by atoms with Gasteiger partial charge in [0.1, 0.15) is 12.4 Å². The molecule has 0 spiro atoms. The van der Waals surface area contributed by atoms with Gasteiger partial charge < -0.3 is 10.5 Å². The molecule has 0 aliphatic heterocycles. The van der Waals surface area contributed by atoms with Crippen LogP contribution in [-0.4, -0.2) is 0 Å². The number of ether oxygens (including phenoxy) is 1. The van der Waals surface area contributed by atoms with Crippen molar-refractivity contribution >= 4 is 0 Å². The van der Waals surface area contributed by atoms with Crippen molar-refractivity contribution in [2.75, 3.05) is 0 Å². The average Bonchev–Trinajstić information content (AvgIpc) is 2.45.